The summed E-state index contributed by atoms with van der Waals surface area (Å²) in [6, 6.07) is 36.5. The smallest absolute Gasteiger partial charge is 0.262 e. The van der Waals surface area contributed by atoms with E-state index in [1.165, 1.54) is 5.56 Å². The largest absolute Gasteiger partial charge is 0.367 e. The number of hydrogen-bond acceptors (Lipinski definition) is 3. The molecule has 4 nitrogen and oxygen atoms in total. The van der Waals surface area contributed by atoms with Crippen LogP contribution in [0.25, 0.3) is 10.9 Å². The van der Waals surface area contributed by atoms with E-state index in [2.05, 4.69) is 66.4 Å². The molecule has 174 valence electrons. The maximum atomic E-state index is 14.1. The number of hydrogen-bond donors (Lipinski definition) is 0. The third kappa shape index (κ3) is 4.60. The Hall–Kier alpha value is -4.18. The molecule has 0 aliphatic rings. The minimum absolute atomic E-state index is 0.0252. The summed E-state index contributed by atoms with van der Waals surface area (Å²) in [6.45, 7) is 5.68. The van der Waals surface area contributed by atoms with Crippen molar-refractivity contribution in [3.05, 3.63) is 142 Å². The molecule has 4 heteroatoms. The summed E-state index contributed by atoms with van der Waals surface area (Å²) < 4.78 is 1.84. The van der Waals surface area contributed by atoms with Gasteiger partial charge in [0.15, 0.2) is 0 Å². The molecule has 1 heterocycles. The molecule has 4 aromatic carbocycles. The first-order valence-electron chi connectivity index (χ1n) is 12.1. The maximum absolute atomic E-state index is 14.1. The van der Waals surface area contributed by atoms with Crippen molar-refractivity contribution in [2.45, 2.75) is 26.4 Å². The molecule has 0 amide bonds. The Balaban J connectivity index is 1.65. The third-order valence-electron chi connectivity index (χ3n) is 6.51. The minimum atomic E-state index is -0.253. The second-order valence-electron chi connectivity index (χ2n) is 8.76. The lowest BCUT2D eigenvalue weighted by atomic mass is 9.98. The molecule has 0 fully saturated rings. The lowest BCUT2D eigenvalue weighted by Gasteiger charge is -2.25. The van der Waals surface area contributed by atoms with Crippen molar-refractivity contribution in [2.75, 3.05) is 11.4 Å². The highest BCUT2D eigenvalue weighted by molar-refractivity contribution is 5.82. The van der Waals surface area contributed by atoms with Gasteiger partial charge >= 0.3 is 0 Å². The van der Waals surface area contributed by atoms with E-state index < -0.39 is 0 Å². The number of fused-ring (bicyclic) bond motifs is 1. The second kappa shape index (κ2) is 9.98. The number of anilines is 1. The van der Waals surface area contributed by atoms with Gasteiger partial charge in [-0.3, -0.25) is 9.36 Å². The maximum Gasteiger partial charge on any atom is 0.262 e. The first-order valence-corrected chi connectivity index (χ1v) is 12.1. The van der Waals surface area contributed by atoms with Gasteiger partial charge in [-0.2, -0.15) is 0 Å². The third-order valence-corrected chi connectivity index (χ3v) is 6.51. The molecule has 0 atom stereocenters. The van der Waals surface area contributed by atoms with E-state index in [4.69, 9.17) is 4.98 Å². The summed E-state index contributed by atoms with van der Waals surface area (Å²) in [7, 11) is 0. The van der Waals surface area contributed by atoms with E-state index in [9.17, 15) is 4.79 Å². The first kappa shape index (κ1) is 22.6. The van der Waals surface area contributed by atoms with Gasteiger partial charge in [0.25, 0.3) is 5.56 Å². The molecule has 5 aromatic rings. The van der Waals surface area contributed by atoms with Gasteiger partial charge in [0.1, 0.15) is 5.82 Å². The summed E-state index contributed by atoms with van der Waals surface area (Å²) in [5.41, 5.74) is 5.07. The molecule has 35 heavy (non-hydrogen) atoms. The summed E-state index contributed by atoms with van der Waals surface area (Å²) in [5, 5.41) is 0.636. The molecule has 0 saturated carbocycles. The molecule has 0 saturated heterocycles. The normalized spacial score (nSPS) is 11.2. The molecule has 0 unspecified atom stereocenters. The van der Waals surface area contributed by atoms with Crippen molar-refractivity contribution < 1.29 is 0 Å². The first-order chi connectivity index (χ1) is 17.2. The number of aromatic nitrogens is 2. The van der Waals surface area contributed by atoms with E-state index in [0.717, 1.165) is 35.4 Å². The van der Waals surface area contributed by atoms with Crippen LogP contribution >= 0.6 is 0 Å². The van der Waals surface area contributed by atoms with Crippen LogP contribution in [0.2, 0.25) is 0 Å². The molecule has 0 aliphatic heterocycles. The fourth-order valence-corrected chi connectivity index (χ4v) is 4.75. The topological polar surface area (TPSA) is 38.1 Å². The molecule has 0 aliphatic carbocycles. The van der Waals surface area contributed by atoms with Gasteiger partial charge in [-0.05, 0) is 48.7 Å². The molecule has 0 radical (unpaired) electrons. The van der Waals surface area contributed by atoms with Crippen molar-refractivity contribution in [2.24, 2.45) is 0 Å². The number of aryl methyl sites for hydroxylation is 1. The molecule has 0 N–H and O–H groups in total. The zero-order chi connectivity index (χ0) is 24.2. The standard InChI is InChI=1S/C31H29N3O/c1-3-33(22-24-13-7-4-8-14-24)27-19-20-29-28(21-27)31(35)34(23(2)32-29)30(25-15-9-5-10-16-25)26-17-11-6-12-18-26/h4-21,30H,3,22H2,1-2H3. The van der Waals surface area contributed by atoms with Crippen LogP contribution in [-0.4, -0.2) is 16.1 Å². The van der Waals surface area contributed by atoms with E-state index >= 15 is 0 Å². The van der Waals surface area contributed by atoms with Crippen LogP contribution in [0.1, 0.15) is 35.5 Å². The van der Waals surface area contributed by atoms with Gasteiger partial charge in [-0.1, -0.05) is 91.0 Å². The Morgan fingerprint density at radius 3 is 1.94 bits per heavy atom. The summed E-state index contributed by atoms with van der Waals surface area (Å²) in [6.07, 6.45) is 0. The van der Waals surface area contributed by atoms with Gasteiger partial charge in [0.05, 0.1) is 16.9 Å². The van der Waals surface area contributed by atoms with Crippen LogP contribution in [0.5, 0.6) is 0 Å². The Morgan fingerprint density at radius 2 is 1.37 bits per heavy atom. The monoisotopic (exact) mass is 459 g/mol. The van der Waals surface area contributed by atoms with E-state index in [1.54, 1.807) is 0 Å². The molecular weight excluding hydrogens is 430 g/mol. The fraction of sp³-hybridized carbons (Fsp3) is 0.161. The molecule has 0 bridgehead atoms. The lowest BCUT2D eigenvalue weighted by Crippen LogP contribution is -2.30. The average Bonchev–Trinajstić information content (AvgIpc) is 2.91. The van der Waals surface area contributed by atoms with Crippen LogP contribution in [-0.2, 0) is 6.54 Å². The van der Waals surface area contributed by atoms with Gasteiger partial charge in [0, 0.05) is 18.8 Å². The van der Waals surface area contributed by atoms with Gasteiger partial charge < -0.3 is 4.90 Å². The summed E-state index contributed by atoms with van der Waals surface area (Å²) >= 11 is 0. The number of benzene rings is 4. The highest BCUT2D eigenvalue weighted by Gasteiger charge is 2.21. The van der Waals surface area contributed by atoms with Crippen LogP contribution in [0.15, 0.2) is 114 Å². The van der Waals surface area contributed by atoms with Gasteiger partial charge in [-0.25, -0.2) is 4.98 Å². The fourth-order valence-electron chi connectivity index (χ4n) is 4.75. The van der Waals surface area contributed by atoms with Gasteiger partial charge in [-0.15, -0.1) is 0 Å². The van der Waals surface area contributed by atoms with Crippen molar-refractivity contribution >= 4 is 16.6 Å². The lowest BCUT2D eigenvalue weighted by molar-refractivity contribution is 0.619. The van der Waals surface area contributed by atoms with Crippen LogP contribution < -0.4 is 10.5 Å². The average molecular weight is 460 g/mol. The zero-order valence-electron chi connectivity index (χ0n) is 20.1. The minimum Gasteiger partial charge on any atom is -0.367 e. The highest BCUT2D eigenvalue weighted by Crippen LogP contribution is 2.28. The predicted molar refractivity (Wildman–Crippen MR) is 144 cm³/mol. The highest BCUT2D eigenvalue weighted by atomic mass is 16.1. The number of nitrogens with zero attached hydrogens (tertiary/aromatic N) is 3. The zero-order valence-corrected chi connectivity index (χ0v) is 20.1. The molecule has 5 rings (SSSR count). The Morgan fingerprint density at radius 1 is 0.800 bits per heavy atom. The van der Waals surface area contributed by atoms with Crippen molar-refractivity contribution in [3.8, 4) is 0 Å². The second-order valence-corrected chi connectivity index (χ2v) is 8.76. The Labute approximate surface area is 206 Å². The molecular formula is C31H29N3O. The van der Waals surface area contributed by atoms with E-state index in [1.807, 2.05) is 66.1 Å². The summed E-state index contributed by atoms with van der Waals surface area (Å²) in [4.78, 5) is 21.2. The SMILES string of the molecule is CCN(Cc1ccccc1)c1ccc2nc(C)n(C(c3ccccc3)c3ccccc3)c(=O)c2c1. The van der Waals surface area contributed by atoms with Crippen molar-refractivity contribution in [3.63, 3.8) is 0 Å². The van der Waals surface area contributed by atoms with E-state index in [0.29, 0.717) is 11.2 Å². The van der Waals surface area contributed by atoms with Crippen molar-refractivity contribution in [1.29, 1.82) is 0 Å². The van der Waals surface area contributed by atoms with Gasteiger partial charge in [0.2, 0.25) is 0 Å². The Bertz CT molecular complexity index is 1440. The number of rotatable bonds is 7. The van der Waals surface area contributed by atoms with E-state index in [-0.39, 0.29) is 11.6 Å². The van der Waals surface area contributed by atoms with Crippen molar-refractivity contribution in [1.82, 2.24) is 9.55 Å². The quantitative estimate of drug-likeness (QED) is 0.284. The molecule has 0 spiro atoms. The van der Waals surface area contributed by atoms with Crippen LogP contribution in [0.3, 0.4) is 0 Å². The van der Waals surface area contributed by atoms with Crippen LogP contribution in [0, 0.1) is 6.92 Å². The molecule has 1 aromatic heterocycles. The summed E-state index contributed by atoms with van der Waals surface area (Å²) in [5.74, 6) is 0.699. The Kier molecular flexibility index (Phi) is 6.44. The van der Waals surface area contributed by atoms with Crippen LogP contribution in [0.4, 0.5) is 5.69 Å². The predicted octanol–water partition coefficient (Wildman–Crippen LogP) is 6.37.